The number of hydrogen-bond donors (Lipinski definition) is 1. The summed E-state index contributed by atoms with van der Waals surface area (Å²) >= 11 is 0. The van der Waals surface area contributed by atoms with Gasteiger partial charge in [0.15, 0.2) is 5.71 Å². The Morgan fingerprint density at radius 1 is 0.750 bits per heavy atom. The van der Waals surface area contributed by atoms with E-state index in [-0.39, 0.29) is 54.0 Å². The predicted octanol–water partition coefficient (Wildman–Crippen LogP) is 4.84. The van der Waals surface area contributed by atoms with Crippen molar-refractivity contribution in [3.05, 3.63) is 120 Å². The minimum absolute atomic E-state index is 0. The van der Waals surface area contributed by atoms with Gasteiger partial charge in [-0.1, -0.05) is 80.9 Å². The van der Waals surface area contributed by atoms with E-state index in [1.807, 2.05) is 0 Å². The van der Waals surface area contributed by atoms with Gasteiger partial charge in [0.1, 0.15) is 7.05 Å². The second-order valence-electron chi connectivity index (χ2n) is 14.9. The molecule has 0 unspecified atom stereocenters. The molecule has 0 saturated heterocycles. The SMILES string of the molecule is C[N+]1=C(C=CC=C2N(CCCCCC(=O)NCCN3C(=O)C=CC3=O)c3ccc4ccccc4c3C2(C)C)C(C)(C)c2c1ccc1ccccc21.[Cl-]. The standard InChI is InChI=1S/C44H46N4O3.ClH/c1-43(2)36(46(5)34-23-21-30-14-8-10-16-32(30)41(34)43)18-13-19-37-44(3,4)42-33-17-11-9-15-31(33)22-24-35(42)47(37)28-12-6-7-20-38(49)45-27-29-48-39(50)25-26-40(48)51;/h8-11,13-19,21-26H,6-7,12,20,27-29H2,1-5H3;1H. The van der Waals surface area contributed by atoms with Crippen LogP contribution in [0.2, 0.25) is 0 Å². The lowest BCUT2D eigenvalue weighted by molar-refractivity contribution is -0.401. The molecule has 3 aliphatic heterocycles. The maximum atomic E-state index is 12.5. The van der Waals surface area contributed by atoms with Gasteiger partial charge in [-0.05, 0) is 72.0 Å². The molecule has 0 bridgehead atoms. The molecule has 4 aromatic carbocycles. The highest BCUT2D eigenvalue weighted by molar-refractivity contribution is 6.13. The summed E-state index contributed by atoms with van der Waals surface area (Å²) in [6.45, 7) is 10.6. The molecule has 3 heterocycles. The zero-order valence-corrected chi connectivity index (χ0v) is 31.5. The summed E-state index contributed by atoms with van der Waals surface area (Å²) in [7, 11) is 2.18. The van der Waals surface area contributed by atoms with E-state index in [1.165, 1.54) is 67.6 Å². The van der Waals surface area contributed by atoms with Crippen LogP contribution in [-0.2, 0) is 25.2 Å². The zero-order valence-electron chi connectivity index (χ0n) is 30.7. The van der Waals surface area contributed by atoms with Gasteiger partial charge in [0.25, 0.3) is 11.8 Å². The third-order valence-corrected chi connectivity index (χ3v) is 11.0. The molecule has 1 N–H and O–H groups in total. The van der Waals surface area contributed by atoms with Crippen LogP contribution >= 0.6 is 0 Å². The average Bonchev–Trinajstić information content (AvgIpc) is 3.63. The van der Waals surface area contributed by atoms with Gasteiger partial charge in [-0.25, -0.2) is 0 Å². The molecule has 7 rings (SSSR count). The minimum atomic E-state index is -0.328. The predicted molar refractivity (Wildman–Crippen MR) is 207 cm³/mol. The summed E-state index contributed by atoms with van der Waals surface area (Å²) in [6, 6.07) is 26.3. The van der Waals surface area contributed by atoms with E-state index in [1.54, 1.807) is 0 Å². The van der Waals surface area contributed by atoms with Crippen molar-refractivity contribution >= 4 is 56.4 Å². The van der Waals surface area contributed by atoms with Gasteiger partial charge in [0.2, 0.25) is 11.6 Å². The van der Waals surface area contributed by atoms with Crippen LogP contribution in [0, 0.1) is 0 Å². The number of nitrogens with one attached hydrogen (secondary N) is 1. The monoisotopic (exact) mass is 714 g/mol. The van der Waals surface area contributed by atoms with Crippen LogP contribution in [0.3, 0.4) is 0 Å². The van der Waals surface area contributed by atoms with Crippen LogP contribution in [0.5, 0.6) is 0 Å². The Hall–Kier alpha value is -5.01. The molecule has 7 nitrogen and oxygen atoms in total. The maximum Gasteiger partial charge on any atom is 0.253 e. The molecule has 4 aromatic rings. The van der Waals surface area contributed by atoms with E-state index in [4.69, 9.17) is 0 Å². The van der Waals surface area contributed by atoms with Crippen LogP contribution in [0.15, 0.2) is 109 Å². The van der Waals surface area contributed by atoms with E-state index in [2.05, 4.69) is 141 Å². The van der Waals surface area contributed by atoms with Gasteiger partial charge in [0.05, 0.1) is 5.41 Å². The quantitative estimate of drug-likeness (QED) is 0.137. The van der Waals surface area contributed by atoms with Crippen molar-refractivity contribution in [3.8, 4) is 0 Å². The van der Waals surface area contributed by atoms with E-state index in [9.17, 15) is 14.4 Å². The number of imide groups is 1. The smallest absolute Gasteiger partial charge is 0.253 e. The van der Waals surface area contributed by atoms with Crippen LogP contribution in [0.25, 0.3) is 21.5 Å². The van der Waals surface area contributed by atoms with Gasteiger partial charge < -0.3 is 22.6 Å². The fourth-order valence-corrected chi connectivity index (χ4v) is 8.48. The molecule has 8 heteroatoms. The molecular weight excluding hydrogens is 668 g/mol. The number of benzene rings is 4. The second-order valence-corrected chi connectivity index (χ2v) is 14.9. The first-order valence-electron chi connectivity index (χ1n) is 18.1. The molecular formula is C44H47ClN4O3. The zero-order chi connectivity index (χ0) is 35.9. The number of carbonyl (C=O) groups excluding carboxylic acids is 3. The number of fused-ring (bicyclic) bond motifs is 6. The summed E-state index contributed by atoms with van der Waals surface area (Å²) in [4.78, 5) is 39.6. The number of nitrogens with zero attached hydrogens (tertiary/aromatic N) is 3. The first kappa shape index (κ1) is 36.8. The van der Waals surface area contributed by atoms with Crippen molar-refractivity contribution in [2.75, 3.05) is 31.6 Å². The lowest BCUT2D eigenvalue weighted by atomic mass is 9.79. The van der Waals surface area contributed by atoms with Gasteiger partial charge in [-0.3, -0.25) is 19.3 Å². The van der Waals surface area contributed by atoms with Crippen molar-refractivity contribution in [3.63, 3.8) is 0 Å². The first-order chi connectivity index (χ1) is 24.5. The molecule has 0 aliphatic carbocycles. The number of hydrogen-bond acceptors (Lipinski definition) is 4. The molecule has 0 aromatic heterocycles. The van der Waals surface area contributed by atoms with Gasteiger partial charge in [-0.15, -0.1) is 0 Å². The topological polar surface area (TPSA) is 72.7 Å². The normalized spacial score (nSPS) is 17.9. The number of unbranched alkanes of at least 4 members (excludes halogenated alkanes) is 2. The molecule has 0 radical (unpaired) electrons. The summed E-state index contributed by atoms with van der Waals surface area (Å²) in [5, 5.41) is 7.97. The number of halogens is 1. The Balaban J connectivity index is 0.00000464. The Labute approximate surface area is 312 Å². The third kappa shape index (κ3) is 6.47. The van der Waals surface area contributed by atoms with Crippen molar-refractivity contribution in [2.24, 2.45) is 0 Å². The van der Waals surface area contributed by atoms with Gasteiger partial charge in [0, 0.05) is 72.7 Å². The van der Waals surface area contributed by atoms with E-state index < -0.39 is 0 Å². The average molecular weight is 715 g/mol. The third-order valence-electron chi connectivity index (χ3n) is 11.0. The molecule has 0 saturated carbocycles. The van der Waals surface area contributed by atoms with Gasteiger partial charge in [-0.2, -0.15) is 4.58 Å². The van der Waals surface area contributed by atoms with Crippen molar-refractivity contribution in [2.45, 2.75) is 64.2 Å². The molecule has 52 heavy (non-hydrogen) atoms. The molecule has 3 amide bonds. The Bertz CT molecular complexity index is 2190. The summed E-state index contributed by atoms with van der Waals surface area (Å²) in [6.07, 6.45) is 12.4. The highest BCUT2D eigenvalue weighted by atomic mass is 35.5. The fraction of sp³-hybridized carbons (Fsp3) is 0.318. The van der Waals surface area contributed by atoms with Crippen LogP contribution < -0.4 is 22.6 Å². The maximum absolute atomic E-state index is 12.5. The molecule has 0 spiro atoms. The van der Waals surface area contributed by atoms with E-state index in [0.29, 0.717) is 6.42 Å². The van der Waals surface area contributed by atoms with Gasteiger partial charge >= 0.3 is 0 Å². The summed E-state index contributed by atoms with van der Waals surface area (Å²) in [5.41, 5.74) is 7.41. The molecule has 268 valence electrons. The number of carbonyl (C=O) groups is 3. The largest absolute Gasteiger partial charge is 1.00 e. The van der Waals surface area contributed by atoms with E-state index in [0.717, 1.165) is 30.7 Å². The Kier molecular flexibility index (Phi) is 10.3. The van der Waals surface area contributed by atoms with Crippen molar-refractivity contribution < 1.29 is 31.4 Å². The van der Waals surface area contributed by atoms with Crippen molar-refractivity contribution in [1.82, 2.24) is 10.2 Å². The fourth-order valence-electron chi connectivity index (χ4n) is 8.48. The number of anilines is 1. The molecule has 0 fully saturated rings. The van der Waals surface area contributed by atoms with E-state index >= 15 is 0 Å². The number of allylic oxidation sites excluding steroid dienone is 4. The highest BCUT2D eigenvalue weighted by Gasteiger charge is 2.44. The summed E-state index contributed by atoms with van der Waals surface area (Å²) < 4.78 is 2.34. The minimum Gasteiger partial charge on any atom is -1.00 e. The lowest BCUT2D eigenvalue weighted by Gasteiger charge is -2.27. The van der Waals surface area contributed by atoms with Crippen LogP contribution in [0.4, 0.5) is 11.4 Å². The second kappa shape index (κ2) is 14.5. The Morgan fingerprint density at radius 3 is 2.08 bits per heavy atom. The van der Waals surface area contributed by atoms with Crippen LogP contribution in [0.1, 0.15) is 64.5 Å². The molecule has 0 atom stereocenters. The van der Waals surface area contributed by atoms with Crippen LogP contribution in [-0.4, -0.2) is 59.6 Å². The highest BCUT2D eigenvalue weighted by Crippen LogP contribution is 2.51. The van der Waals surface area contributed by atoms with Crippen molar-refractivity contribution in [1.29, 1.82) is 0 Å². The Morgan fingerprint density at radius 2 is 1.38 bits per heavy atom. The first-order valence-corrected chi connectivity index (χ1v) is 18.1. The molecule has 3 aliphatic rings. The number of rotatable bonds is 11. The number of amides is 3. The lowest BCUT2D eigenvalue weighted by Crippen LogP contribution is -3.00. The summed E-state index contributed by atoms with van der Waals surface area (Å²) in [5.74, 6) is -0.712.